The zero-order chi connectivity index (χ0) is 14.8. The fraction of sp³-hybridized carbons (Fsp3) is 0.692. The molecule has 0 saturated heterocycles. The largest absolute Gasteiger partial charge is 0.391 e. The third kappa shape index (κ3) is 3.23. The minimum atomic E-state index is -3.48. The predicted molar refractivity (Wildman–Crippen MR) is 80.3 cm³/mol. The van der Waals surface area contributed by atoms with E-state index in [0.717, 1.165) is 37.0 Å². The number of hydrogen-bond acceptors (Lipinski definition) is 5. The zero-order valence-corrected chi connectivity index (χ0v) is 13.6. The third-order valence-corrected chi connectivity index (χ3v) is 7.09. The van der Waals surface area contributed by atoms with E-state index >= 15 is 0 Å². The van der Waals surface area contributed by atoms with E-state index in [4.69, 9.17) is 5.11 Å². The van der Waals surface area contributed by atoms with Crippen molar-refractivity contribution >= 4 is 21.4 Å². The highest BCUT2D eigenvalue weighted by molar-refractivity contribution is 7.91. The van der Waals surface area contributed by atoms with Gasteiger partial charge in [0.25, 0.3) is 0 Å². The van der Waals surface area contributed by atoms with Crippen molar-refractivity contribution in [3.05, 3.63) is 17.0 Å². The molecule has 20 heavy (non-hydrogen) atoms. The minimum Gasteiger partial charge on any atom is -0.391 e. The van der Waals surface area contributed by atoms with Gasteiger partial charge in [-0.05, 0) is 39.1 Å². The molecular weight excluding hydrogens is 296 g/mol. The molecule has 0 atom stereocenters. The Labute approximate surface area is 124 Å². The summed E-state index contributed by atoms with van der Waals surface area (Å²) in [4.78, 5) is 2.80. The molecule has 2 rings (SSSR count). The van der Waals surface area contributed by atoms with E-state index in [1.54, 1.807) is 12.1 Å². The maximum atomic E-state index is 12.3. The van der Waals surface area contributed by atoms with Gasteiger partial charge in [0.15, 0.2) is 0 Å². The Morgan fingerprint density at radius 3 is 2.50 bits per heavy atom. The van der Waals surface area contributed by atoms with Crippen molar-refractivity contribution in [2.75, 3.05) is 20.6 Å². The Bertz CT molecular complexity index is 546. The molecule has 0 unspecified atom stereocenters. The van der Waals surface area contributed by atoms with Crippen LogP contribution in [0.2, 0.25) is 0 Å². The molecular formula is C13H22N2O3S2. The molecule has 0 spiro atoms. The number of thiophene rings is 1. The van der Waals surface area contributed by atoms with E-state index in [0.29, 0.717) is 11.4 Å². The molecule has 7 heteroatoms. The number of sulfonamides is 1. The van der Waals surface area contributed by atoms with Crippen LogP contribution in [0.4, 0.5) is 0 Å². The quantitative estimate of drug-likeness (QED) is 0.832. The molecule has 0 bridgehead atoms. The van der Waals surface area contributed by atoms with Gasteiger partial charge in [-0.25, -0.2) is 13.1 Å². The summed E-state index contributed by atoms with van der Waals surface area (Å²) in [6, 6.07) is 3.20. The lowest BCUT2D eigenvalue weighted by atomic mass is 9.97. The molecule has 114 valence electrons. The van der Waals surface area contributed by atoms with Crippen molar-refractivity contribution in [2.24, 2.45) is 0 Å². The fourth-order valence-corrected chi connectivity index (χ4v) is 5.08. The Balaban J connectivity index is 2.08. The summed E-state index contributed by atoms with van der Waals surface area (Å²) in [5.41, 5.74) is -0.0653. The number of likely N-dealkylation sites (N-methyl/N-ethyl adjacent to an activating group) is 1. The Kier molecular flexibility index (Phi) is 4.86. The topological polar surface area (TPSA) is 69.6 Å². The van der Waals surface area contributed by atoms with Crippen molar-refractivity contribution < 1.29 is 13.5 Å². The van der Waals surface area contributed by atoms with E-state index in [1.165, 1.54) is 0 Å². The molecule has 2 N–H and O–H groups in total. The van der Waals surface area contributed by atoms with Crippen molar-refractivity contribution in [3.8, 4) is 0 Å². The van der Waals surface area contributed by atoms with Gasteiger partial charge in [-0.2, -0.15) is 0 Å². The highest BCUT2D eigenvalue weighted by Gasteiger charge is 2.37. The Morgan fingerprint density at radius 1 is 1.35 bits per heavy atom. The summed E-state index contributed by atoms with van der Waals surface area (Å²) >= 11 is 1.12. The van der Waals surface area contributed by atoms with Crippen molar-refractivity contribution in [1.29, 1.82) is 0 Å². The second-order valence-corrected chi connectivity index (χ2v) is 8.69. The van der Waals surface area contributed by atoms with E-state index in [-0.39, 0.29) is 16.4 Å². The minimum absolute atomic E-state index is 0.0653. The van der Waals surface area contributed by atoms with Crippen LogP contribution in [0.1, 0.15) is 30.6 Å². The molecule has 1 fully saturated rings. The van der Waals surface area contributed by atoms with Crippen LogP contribution in [0.25, 0.3) is 0 Å². The van der Waals surface area contributed by atoms with Crippen LogP contribution >= 0.6 is 11.3 Å². The fourth-order valence-electron chi connectivity index (χ4n) is 2.70. The van der Waals surface area contributed by atoms with E-state index in [2.05, 4.69) is 9.62 Å². The van der Waals surface area contributed by atoms with Gasteiger partial charge in [0.2, 0.25) is 10.0 Å². The summed E-state index contributed by atoms with van der Waals surface area (Å²) in [5.74, 6) is 0. The lowest BCUT2D eigenvalue weighted by molar-refractivity contribution is 0.162. The molecule has 1 aromatic rings. The monoisotopic (exact) mass is 318 g/mol. The van der Waals surface area contributed by atoms with Gasteiger partial charge in [0.05, 0.1) is 6.61 Å². The summed E-state index contributed by atoms with van der Waals surface area (Å²) < 4.78 is 27.6. The number of aliphatic hydroxyl groups is 1. The first kappa shape index (κ1) is 15.9. The van der Waals surface area contributed by atoms with Crippen LogP contribution in [0, 0.1) is 0 Å². The number of rotatable bonds is 6. The van der Waals surface area contributed by atoms with E-state index in [9.17, 15) is 8.42 Å². The van der Waals surface area contributed by atoms with Crippen LogP contribution < -0.4 is 4.72 Å². The van der Waals surface area contributed by atoms with Crippen LogP contribution in [-0.2, 0) is 16.6 Å². The molecule has 1 aromatic heterocycles. The Morgan fingerprint density at radius 2 is 2.00 bits per heavy atom. The van der Waals surface area contributed by atoms with Gasteiger partial charge < -0.3 is 10.0 Å². The number of nitrogens with one attached hydrogen (secondary N) is 1. The van der Waals surface area contributed by atoms with E-state index < -0.39 is 10.0 Å². The maximum absolute atomic E-state index is 12.3. The van der Waals surface area contributed by atoms with Gasteiger partial charge in [-0.3, -0.25) is 0 Å². The number of hydrogen-bond donors (Lipinski definition) is 2. The Hall–Kier alpha value is -0.470. The maximum Gasteiger partial charge on any atom is 0.250 e. The normalized spacial score (nSPS) is 18.8. The van der Waals surface area contributed by atoms with Crippen LogP contribution in [0.5, 0.6) is 0 Å². The number of aliphatic hydroxyl groups excluding tert-OH is 1. The summed E-state index contributed by atoms with van der Waals surface area (Å²) in [6.45, 7) is 0.316. The van der Waals surface area contributed by atoms with Crippen LogP contribution in [0.15, 0.2) is 16.3 Å². The van der Waals surface area contributed by atoms with Gasteiger partial charge in [-0.15, -0.1) is 11.3 Å². The molecule has 0 aromatic carbocycles. The molecule has 1 heterocycles. The van der Waals surface area contributed by atoms with Crippen LogP contribution in [-0.4, -0.2) is 44.6 Å². The first-order chi connectivity index (χ1) is 9.39. The molecule has 1 aliphatic rings. The van der Waals surface area contributed by atoms with E-state index in [1.807, 2.05) is 14.1 Å². The van der Waals surface area contributed by atoms with Crippen molar-refractivity contribution in [1.82, 2.24) is 9.62 Å². The standard InChI is InChI=1S/C13H22N2O3S2/c1-15(2)13(7-3-4-8-13)10-14-20(17,18)12-6-5-11(9-16)19-12/h5-6,14,16H,3-4,7-10H2,1-2H3. The predicted octanol–water partition coefficient (Wildman–Crippen LogP) is 1.39. The third-order valence-electron chi connectivity index (χ3n) is 4.13. The van der Waals surface area contributed by atoms with Gasteiger partial charge in [0, 0.05) is 17.0 Å². The smallest absolute Gasteiger partial charge is 0.250 e. The van der Waals surface area contributed by atoms with Gasteiger partial charge >= 0.3 is 0 Å². The van der Waals surface area contributed by atoms with Crippen molar-refractivity contribution in [2.45, 2.75) is 42.0 Å². The second-order valence-electron chi connectivity index (χ2n) is 5.53. The number of nitrogens with zero attached hydrogens (tertiary/aromatic N) is 1. The molecule has 5 nitrogen and oxygen atoms in total. The highest BCUT2D eigenvalue weighted by atomic mass is 32.2. The first-order valence-electron chi connectivity index (χ1n) is 6.76. The first-order valence-corrected chi connectivity index (χ1v) is 9.06. The van der Waals surface area contributed by atoms with Crippen LogP contribution in [0.3, 0.4) is 0 Å². The molecule has 0 aliphatic heterocycles. The van der Waals surface area contributed by atoms with Crippen molar-refractivity contribution in [3.63, 3.8) is 0 Å². The molecule has 1 aliphatic carbocycles. The second kappa shape index (κ2) is 6.11. The zero-order valence-electron chi connectivity index (χ0n) is 11.9. The van der Waals surface area contributed by atoms with Gasteiger partial charge in [0.1, 0.15) is 4.21 Å². The SMILES string of the molecule is CN(C)C1(CNS(=O)(=O)c2ccc(CO)s2)CCCC1. The highest BCUT2D eigenvalue weighted by Crippen LogP contribution is 2.33. The summed E-state index contributed by atoms with van der Waals surface area (Å²) in [5, 5.41) is 9.02. The molecule has 1 saturated carbocycles. The lowest BCUT2D eigenvalue weighted by Crippen LogP contribution is -2.50. The average Bonchev–Trinajstić information content (AvgIpc) is 3.06. The van der Waals surface area contributed by atoms with Gasteiger partial charge in [-0.1, -0.05) is 12.8 Å². The molecule has 0 radical (unpaired) electrons. The summed E-state index contributed by atoms with van der Waals surface area (Å²) in [7, 11) is 0.539. The molecule has 0 amide bonds. The average molecular weight is 318 g/mol. The lowest BCUT2D eigenvalue weighted by Gasteiger charge is -2.36. The summed E-state index contributed by atoms with van der Waals surface area (Å²) in [6.07, 6.45) is 4.34.